The van der Waals surface area contributed by atoms with Gasteiger partial charge in [0.15, 0.2) is 0 Å². The summed E-state index contributed by atoms with van der Waals surface area (Å²) in [4.78, 5) is 1.19. The Morgan fingerprint density at radius 3 is 2.25 bits per heavy atom. The van der Waals surface area contributed by atoms with Gasteiger partial charge in [-0.1, -0.05) is 6.07 Å². The number of rotatable bonds is 4. The highest BCUT2D eigenvalue weighted by molar-refractivity contribution is 9.10. The van der Waals surface area contributed by atoms with Gasteiger partial charge in [0, 0.05) is 23.6 Å². The summed E-state index contributed by atoms with van der Waals surface area (Å²) in [5, 5.41) is 3.34. The van der Waals surface area contributed by atoms with E-state index >= 15 is 0 Å². The normalized spacial score (nSPS) is 12.6. The molecule has 0 aliphatic rings. The molecule has 0 radical (unpaired) electrons. The molecule has 114 valence electrons. The Morgan fingerprint density at radius 2 is 1.80 bits per heavy atom. The summed E-state index contributed by atoms with van der Waals surface area (Å²) in [6, 6.07) is 5.39. The number of hydrogen-bond acceptors (Lipinski definition) is 2. The first kappa shape index (κ1) is 17.3. The number of alkyl halides is 3. The van der Waals surface area contributed by atoms with E-state index in [1.165, 1.54) is 11.9 Å². The van der Waals surface area contributed by atoms with Gasteiger partial charge in [0.05, 0.1) is 5.69 Å². The monoisotopic (exact) mass is 352 g/mol. The zero-order valence-corrected chi connectivity index (χ0v) is 13.7. The molecule has 0 aliphatic heterocycles. The van der Waals surface area contributed by atoms with Crippen molar-refractivity contribution in [2.24, 2.45) is 0 Å². The lowest BCUT2D eigenvalue weighted by Gasteiger charge is -2.24. The van der Waals surface area contributed by atoms with Crippen LogP contribution in [0.5, 0.6) is 0 Å². The molecule has 0 fully saturated rings. The third-order valence-electron chi connectivity index (χ3n) is 2.66. The Balaban J connectivity index is 2.78. The predicted molar refractivity (Wildman–Crippen MR) is 80.1 cm³/mol. The fraction of sp³-hybridized carbons (Fsp3) is 0.571. The van der Waals surface area contributed by atoms with Crippen LogP contribution in [0.1, 0.15) is 26.3 Å². The molecule has 1 aromatic rings. The molecule has 0 spiro atoms. The zero-order chi connectivity index (χ0) is 15.6. The molecule has 1 N–H and O–H groups in total. The fourth-order valence-electron chi connectivity index (χ4n) is 1.69. The van der Waals surface area contributed by atoms with E-state index in [2.05, 4.69) is 42.0 Å². The quantitative estimate of drug-likeness (QED) is 0.867. The molecule has 2 nitrogen and oxygen atoms in total. The molecule has 0 saturated carbocycles. The fourth-order valence-corrected chi connectivity index (χ4v) is 2.42. The molecular weight excluding hydrogens is 333 g/mol. The molecule has 0 heterocycles. The van der Waals surface area contributed by atoms with Crippen molar-refractivity contribution in [3.05, 3.63) is 28.2 Å². The van der Waals surface area contributed by atoms with Gasteiger partial charge in [0.2, 0.25) is 0 Å². The Bertz CT molecular complexity index is 453. The number of anilines is 1. The standard InChI is InChI=1S/C14H20BrF3N2/c1-13(2,3)19-8-10-5-6-12(11(15)7-10)20(4)9-14(16,17)18/h5-7,19H,8-9H2,1-4H3. The first-order valence-electron chi connectivity index (χ1n) is 6.29. The average molecular weight is 353 g/mol. The molecule has 0 saturated heterocycles. The van der Waals surface area contributed by atoms with Crippen LogP contribution in [-0.2, 0) is 6.54 Å². The van der Waals surface area contributed by atoms with Crippen molar-refractivity contribution >= 4 is 21.6 Å². The van der Waals surface area contributed by atoms with Gasteiger partial charge in [-0.15, -0.1) is 0 Å². The van der Waals surface area contributed by atoms with Crippen LogP contribution in [0, 0.1) is 0 Å². The lowest BCUT2D eigenvalue weighted by Crippen LogP contribution is -2.35. The molecule has 20 heavy (non-hydrogen) atoms. The van der Waals surface area contributed by atoms with Gasteiger partial charge >= 0.3 is 6.18 Å². The first-order chi connectivity index (χ1) is 8.98. The van der Waals surface area contributed by atoms with Crippen molar-refractivity contribution in [1.29, 1.82) is 0 Å². The van der Waals surface area contributed by atoms with Gasteiger partial charge in [-0.25, -0.2) is 0 Å². The molecule has 1 rings (SSSR count). The van der Waals surface area contributed by atoms with Crippen LogP contribution in [-0.4, -0.2) is 25.3 Å². The molecule has 0 atom stereocenters. The predicted octanol–water partition coefficient (Wildman–Crippen LogP) is 4.34. The third kappa shape index (κ3) is 6.13. The van der Waals surface area contributed by atoms with E-state index in [0.29, 0.717) is 16.7 Å². The van der Waals surface area contributed by atoms with E-state index in [1.807, 2.05) is 12.1 Å². The maximum absolute atomic E-state index is 12.4. The van der Waals surface area contributed by atoms with Crippen molar-refractivity contribution in [2.45, 2.75) is 39.0 Å². The van der Waals surface area contributed by atoms with Crippen LogP contribution in [0.15, 0.2) is 22.7 Å². The summed E-state index contributed by atoms with van der Waals surface area (Å²) < 4.78 is 37.8. The second-order valence-corrected chi connectivity index (χ2v) is 6.71. The summed E-state index contributed by atoms with van der Waals surface area (Å²) >= 11 is 3.34. The minimum Gasteiger partial charge on any atom is -0.365 e. The number of benzene rings is 1. The summed E-state index contributed by atoms with van der Waals surface area (Å²) in [6.45, 7) is 5.89. The largest absolute Gasteiger partial charge is 0.405 e. The summed E-state index contributed by atoms with van der Waals surface area (Å²) in [5.74, 6) is 0. The Kier molecular flexibility index (Phi) is 5.49. The molecule has 0 aromatic heterocycles. The van der Waals surface area contributed by atoms with Crippen molar-refractivity contribution in [3.63, 3.8) is 0 Å². The maximum Gasteiger partial charge on any atom is 0.405 e. The SMILES string of the molecule is CN(CC(F)(F)F)c1ccc(CNC(C)(C)C)cc1Br. The second-order valence-electron chi connectivity index (χ2n) is 5.86. The Morgan fingerprint density at radius 1 is 1.20 bits per heavy atom. The van der Waals surface area contributed by atoms with Crippen molar-refractivity contribution in [3.8, 4) is 0 Å². The minimum absolute atomic E-state index is 0.00176. The smallest absolute Gasteiger partial charge is 0.365 e. The van der Waals surface area contributed by atoms with Crippen LogP contribution in [0.3, 0.4) is 0 Å². The van der Waals surface area contributed by atoms with E-state index in [4.69, 9.17) is 0 Å². The lowest BCUT2D eigenvalue weighted by atomic mass is 10.1. The second kappa shape index (κ2) is 6.35. The first-order valence-corrected chi connectivity index (χ1v) is 7.08. The number of nitrogens with zero attached hydrogens (tertiary/aromatic N) is 1. The van der Waals surface area contributed by atoms with Crippen LogP contribution in [0.25, 0.3) is 0 Å². The molecule has 0 bridgehead atoms. The van der Waals surface area contributed by atoms with Crippen LogP contribution < -0.4 is 10.2 Å². The minimum atomic E-state index is -4.21. The average Bonchev–Trinajstić information content (AvgIpc) is 2.22. The number of hydrogen-bond donors (Lipinski definition) is 1. The maximum atomic E-state index is 12.4. The van der Waals surface area contributed by atoms with Gasteiger partial charge < -0.3 is 10.2 Å². The highest BCUT2D eigenvalue weighted by Crippen LogP contribution is 2.29. The highest BCUT2D eigenvalue weighted by Gasteiger charge is 2.29. The van der Waals surface area contributed by atoms with E-state index in [1.54, 1.807) is 6.07 Å². The molecule has 0 unspecified atom stereocenters. The summed E-state index contributed by atoms with van der Waals surface area (Å²) in [6.07, 6.45) is -4.21. The molecule has 0 aliphatic carbocycles. The highest BCUT2D eigenvalue weighted by atomic mass is 79.9. The van der Waals surface area contributed by atoms with E-state index < -0.39 is 12.7 Å². The van der Waals surface area contributed by atoms with Gasteiger partial charge in [0.25, 0.3) is 0 Å². The van der Waals surface area contributed by atoms with E-state index in [9.17, 15) is 13.2 Å². The Hall–Kier alpha value is -0.750. The Labute approximate surface area is 126 Å². The number of nitrogens with one attached hydrogen (secondary N) is 1. The van der Waals surface area contributed by atoms with Gasteiger partial charge in [-0.3, -0.25) is 0 Å². The molecule has 1 aromatic carbocycles. The lowest BCUT2D eigenvalue weighted by molar-refractivity contribution is -0.119. The zero-order valence-electron chi connectivity index (χ0n) is 12.1. The molecule has 6 heteroatoms. The van der Waals surface area contributed by atoms with Gasteiger partial charge in [0.1, 0.15) is 6.54 Å². The van der Waals surface area contributed by atoms with Crippen molar-refractivity contribution < 1.29 is 13.2 Å². The summed E-state index contributed by atoms with van der Waals surface area (Å²) in [5.41, 5.74) is 1.55. The van der Waals surface area contributed by atoms with Crippen LogP contribution >= 0.6 is 15.9 Å². The van der Waals surface area contributed by atoms with E-state index in [0.717, 1.165) is 5.56 Å². The van der Waals surface area contributed by atoms with Crippen molar-refractivity contribution in [1.82, 2.24) is 5.32 Å². The topological polar surface area (TPSA) is 15.3 Å². The molecule has 0 amide bonds. The van der Waals surface area contributed by atoms with Crippen LogP contribution in [0.4, 0.5) is 18.9 Å². The van der Waals surface area contributed by atoms with Gasteiger partial charge in [-0.05, 0) is 54.4 Å². The van der Waals surface area contributed by atoms with Gasteiger partial charge in [-0.2, -0.15) is 13.2 Å². The summed E-state index contributed by atoms with van der Waals surface area (Å²) in [7, 11) is 1.43. The third-order valence-corrected chi connectivity index (χ3v) is 3.30. The van der Waals surface area contributed by atoms with Crippen molar-refractivity contribution in [2.75, 3.05) is 18.5 Å². The van der Waals surface area contributed by atoms with Crippen LogP contribution in [0.2, 0.25) is 0 Å². The number of halogens is 4. The molecular formula is C14H20BrF3N2. The van der Waals surface area contributed by atoms with E-state index in [-0.39, 0.29) is 5.54 Å².